The number of hydrogen-bond acceptors (Lipinski definition) is 6. The van der Waals surface area contributed by atoms with Crippen molar-refractivity contribution in [2.45, 2.75) is 64.0 Å². The molecule has 0 amide bonds. The number of methoxy groups -OCH3 is 1. The maximum Gasteiger partial charge on any atom is 0.191 e. The fourth-order valence-electron chi connectivity index (χ4n) is 5.11. The summed E-state index contributed by atoms with van der Waals surface area (Å²) in [4.78, 5) is 19.5. The van der Waals surface area contributed by atoms with Crippen LogP contribution in [0.2, 0.25) is 0 Å². The minimum atomic E-state index is -0.136. The molecule has 2 aliphatic rings. The van der Waals surface area contributed by atoms with Gasteiger partial charge < -0.3 is 15.4 Å². The number of nitrogens with zero attached hydrogens (tertiary/aromatic N) is 1. The molecule has 1 aromatic heterocycles. The van der Waals surface area contributed by atoms with Crippen LogP contribution >= 0.6 is 11.3 Å². The number of fused-ring (bicyclic) bond motifs is 1. The molecule has 1 saturated carbocycles. The van der Waals surface area contributed by atoms with Crippen molar-refractivity contribution in [1.82, 2.24) is 15.6 Å². The second-order valence-corrected chi connectivity index (χ2v) is 10.8. The van der Waals surface area contributed by atoms with E-state index in [0.29, 0.717) is 6.04 Å². The Balaban J connectivity index is 1.43. The number of piperidine rings is 1. The molecule has 5 rings (SSSR count). The van der Waals surface area contributed by atoms with Crippen molar-refractivity contribution in [3.8, 4) is 16.3 Å². The van der Waals surface area contributed by atoms with Crippen molar-refractivity contribution in [2.75, 3.05) is 20.2 Å². The summed E-state index contributed by atoms with van der Waals surface area (Å²) in [5, 5.41) is 10.3. The Bertz CT molecular complexity index is 1150. The Kier molecular flexibility index (Phi) is 7.28. The smallest absolute Gasteiger partial charge is 0.191 e. The van der Waals surface area contributed by atoms with E-state index in [4.69, 9.17) is 9.72 Å². The first-order valence-electron chi connectivity index (χ1n) is 12.7. The third kappa shape index (κ3) is 5.19. The molecular formula is C28H35N3O2S. The summed E-state index contributed by atoms with van der Waals surface area (Å²) >= 11 is 1.51. The molecule has 2 N–H and O–H groups in total. The van der Waals surface area contributed by atoms with Crippen molar-refractivity contribution in [1.29, 1.82) is 0 Å². The van der Waals surface area contributed by atoms with Crippen molar-refractivity contribution < 1.29 is 9.53 Å². The van der Waals surface area contributed by atoms with Crippen molar-refractivity contribution in [2.24, 2.45) is 5.92 Å². The molecular weight excluding hydrogens is 442 g/mol. The van der Waals surface area contributed by atoms with Gasteiger partial charge in [0.1, 0.15) is 10.8 Å². The lowest BCUT2D eigenvalue weighted by molar-refractivity contribution is 0.0927. The summed E-state index contributed by atoms with van der Waals surface area (Å²) in [6.45, 7) is 4.01. The lowest BCUT2D eigenvalue weighted by atomic mass is 9.98. The van der Waals surface area contributed by atoms with Crippen LogP contribution in [0.4, 0.5) is 0 Å². The highest BCUT2D eigenvalue weighted by Gasteiger charge is 2.29. The van der Waals surface area contributed by atoms with Gasteiger partial charge in [0.25, 0.3) is 0 Å². The summed E-state index contributed by atoms with van der Waals surface area (Å²) in [6.07, 6.45) is 8.15. The average Bonchev–Trinajstić information content (AvgIpc) is 3.62. The Morgan fingerprint density at radius 2 is 1.97 bits per heavy atom. The van der Waals surface area contributed by atoms with Crippen molar-refractivity contribution in [3.63, 3.8) is 0 Å². The normalized spacial score (nSPS) is 17.7. The number of aromatic nitrogens is 1. The molecule has 2 heterocycles. The number of aryl methyl sites for hydroxylation is 1. The molecule has 1 aliphatic carbocycles. The zero-order valence-corrected chi connectivity index (χ0v) is 21.0. The Labute approximate surface area is 206 Å². The summed E-state index contributed by atoms with van der Waals surface area (Å²) in [5.41, 5.74) is 1.80. The van der Waals surface area contributed by atoms with Gasteiger partial charge in [0.15, 0.2) is 5.78 Å². The molecule has 1 aliphatic heterocycles. The molecule has 6 heteroatoms. The molecule has 3 aromatic rings. The van der Waals surface area contributed by atoms with E-state index in [1.54, 1.807) is 7.11 Å². The molecule has 0 spiro atoms. The van der Waals surface area contributed by atoms with Crippen LogP contribution in [0, 0.1) is 12.8 Å². The standard InChI is InChI=1S/C28H35N3O2S/c1-18-27(26(32)23(9-5-6-19-10-11-19)31-21-14-16-29-17-15-21)34-28(30-18)25-22-8-4-3-7-20(22)12-13-24(25)33-2/h3-4,7-8,12-13,19,21,23,29,31H,5-6,9-11,14-17H2,1-2H3. The average molecular weight is 478 g/mol. The summed E-state index contributed by atoms with van der Waals surface area (Å²) in [7, 11) is 1.69. The van der Waals surface area contributed by atoms with E-state index in [1.165, 1.54) is 30.6 Å². The van der Waals surface area contributed by atoms with E-state index in [9.17, 15) is 4.79 Å². The topological polar surface area (TPSA) is 63.2 Å². The zero-order chi connectivity index (χ0) is 23.5. The number of ether oxygens (including phenoxy) is 1. The van der Waals surface area contributed by atoms with E-state index in [1.807, 2.05) is 25.1 Å². The SMILES string of the molecule is COc1ccc2ccccc2c1-c1nc(C)c(C(=O)C(CCCC2CC2)NC2CCNCC2)s1. The Morgan fingerprint density at radius 1 is 1.18 bits per heavy atom. The number of benzene rings is 2. The fourth-order valence-corrected chi connectivity index (χ4v) is 6.24. The molecule has 1 saturated heterocycles. The van der Waals surface area contributed by atoms with Crippen molar-refractivity contribution in [3.05, 3.63) is 47.0 Å². The monoisotopic (exact) mass is 477 g/mol. The number of carbonyl (C=O) groups is 1. The summed E-state index contributed by atoms with van der Waals surface area (Å²) in [6, 6.07) is 12.6. The quantitative estimate of drug-likeness (QED) is 0.364. The van der Waals surface area contributed by atoms with Crippen LogP contribution in [0.5, 0.6) is 5.75 Å². The summed E-state index contributed by atoms with van der Waals surface area (Å²) < 4.78 is 5.71. The number of hydrogen-bond donors (Lipinski definition) is 2. The van der Waals surface area contributed by atoms with Crippen LogP contribution in [-0.2, 0) is 0 Å². The fraction of sp³-hybridized carbons (Fsp3) is 0.500. The predicted molar refractivity (Wildman–Crippen MR) is 140 cm³/mol. The second kappa shape index (κ2) is 10.5. The van der Waals surface area contributed by atoms with E-state index < -0.39 is 0 Å². The third-order valence-corrected chi connectivity index (χ3v) is 8.43. The molecule has 5 nitrogen and oxygen atoms in total. The van der Waals surface area contributed by atoms with Crippen LogP contribution in [0.25, 0.3) is 21.3 Å². The van der Waals surface area contributed by atoms with Gasteiger partial charge >= 0.3 is 0 Å². The summed E-state index contributed by atoms with van der Waals surface area (Å²) in [5.74, 6) is 1.89. The van der Waals surface area contributed by atoms with E-state index in [0.717, 1.165) is 82.4 Å². The third-order valence-electron chi connectivity index (χ3n) is 7.24. The number of Topliss-reactive ketones (excluding diaryl/α,β-unsaturated/α-hetero) is 1. The Hall–Kier alpha value is -2.28. The highest BCUT2D eigenvalue weighted by molar-refractivity contribution is 7.17. The number of carbonyl (C=O) groups excluding carboxylic acids is 1. The van der Waals surface area contributed by atoms with Gasteiger partial charge in [-0.2, -0.15) is 0 Å². The maximum atomic E-state index is 13.9. The first kappa shape index (κ1) is 23.5. The number of thiazole rings is 1. The van der Waals surface area contributed by atoms with Crippen molar-refractivity contribution >= 4 is 27.9 Å². The maximum absolute atomic E-state index is 13.9. The first-order valence-corrected chi connectivity index (χ1v) is 13.5. The lowest BCUT2D eigenvalue weighted by Crippen LogP contribution is -2.47. The van der Waals surface area contributed by atoms with E-state index in [-0.39, 0.29) is 11.8 Å². The van der Waals surface area contributed by atoms with Gasteiger partial charge in [-0.15, -0.1) is 11.3 Å². The Morgan fingerprint density at radius 3 is 2.74 bits per heavy atom. The van der Waals surface area contributed by atoms with Crippen LogP contribution in [0.15, 0.2) is 36.4 Å². The van der Waals surface area contributed by atoms with Gasteiger partial charge in [-0.25, -0.2) is 4.98 Å². The first-order chi connectivity index (χ1) is 16.6. The molecule has 0 bridgehead atoms. The van der Waals surface area contributed by atoms with Gasteiger partial charge in [-0.3, -0.25) is 4.79 Å². The largest absolute Gasteiger partial charge is 0.496 e. The molecule has 1 atom stereocenters. The molecule has 34 heavy (non-hydrogen) atoms. The highest BCUT2D eigenvalue weighted by atomic mass is 32.1. The van der Waals surface area contributed by atoms with Crippen LogP contribution in [-0.4, -0.2) is 43.1 Å². The van der Waals surface area contributed by atoms with E-state index in [2.05, 4.69) is 28.8 Å². The van der Waals surface area contributed by atoms with Crippen LogP contribution in [0.1, 0.15) is 60.3 Å². The minimum Gasteiger partial charge on any atom is -0.496 e. The molecule has 1 unspecified atom stereocenters. The second-order valence-electron chi connectivity index (χ2n) is 9.78. The van der Waals surface area contributed by atoms with E-state index >= 15 is 0 Å². The molecule has 2 aromatic carbocycles. The number of rotatable bonds is 10. The number of ketones is 1. The van der Waals surface area contributed by atoms with Gasteiger partial charge in [0, 0.05) is 6.04 Å². The highest BCUT2D eigenvalue weighted by Crippen LogP contribution is 2.40. The predicted octanol–water partition coefficient (Wildman–Crippen LogP) is 5.75. The number of nitrogens with one attached hydrogen (secondary N) is 2. The van der Waals surface area contributed by atoms with Gasteiger partial charge in [-0.1, -0.05) is 56.0 Å². The van der Waals surface area contributed by atoms with Crippen LogP contribution in [0.3, 0.4) is 0 Å². The van der Waals surface area contributed by atoms with Gasteiger partial charge in [0.2, 0.25) is 0 Å². The zero-order valence-electron chi connectivity index (χ0n) is 20.2. The molecule has 0 radical (unpaired) electrons. The molecule has 2 fully saturated rings. The van der Waals surface area contributed by atoms with Crippen LogP contribution < -0.4 is 15.4 Å². The minimum absolute atomic E-state index is 0.136. The lowest BCUT2D eigenvalue weighted by Gasteiger charge is -2.28. The van der Waals surface area contributed by atoms with Gasteiger partial charge in [-0.05, 0) is 62.0 Å². The molecule has 180 valence electrons. The van der Waals surface area contributed by atoms with Gasteiger partial charge in [0.05, 0.1) is 29.3 Å².